The molecule has 5 rings (SSSR count). The Morgan fingerprint density at radius 1 is 0.897 bits per heavy atom. The first kappa shape index (κ1) is 26.5. The van der Waals surface area contributed by atoms with Gasteiger partial charge in [-0.2, -0.15) is 18.3 Å². The van der Waals surface area contributed by atoms with Crippen molar-refractivity contribution < 1.29 is 18.0 Å². The van der Waals surface area contributed by atoms with Crippen LogP contribution in [0.25, 0.3) is 11.1 Å². The SMILES string of the molecule is CC1(c2ccccc2)CN(CC(=O)Nc2ccc(-c3ccccc3)cc2)N=C1c1ccc(C(F)(F)F)c(Cl)c1. The zero-order chi connectivity index (χ0) is 27.6. The average Bonchev–Trinajstić information content (AvgIpc) is 3.26. The molecule has 1 unspecified atom stereocenters. The van der Waals surface area contributed by atoms with Crippen LogP contribution in [0.4, 0.5) is 18.9 Å². The van der Waals surface area contributed by atoms with Crippen molar-refractivity contribution in [2.24, 2.45) is 5.10 Å². The topological polar surface area (TPSA) is 44.7 Å². The van der Waals surface area contributed by atoms with E-state index >= 15 is 0 Å². The third-order valence-corrected chi connectivity index (χ3v) is 7.14. The van der Waals surface area contributed by atoms with E-state index in [9.17, 15) is 18.0 Å². The van der Waals surface area contributed by atoms with Crippen molar-refractivity contribution in [2.75, 3.05) is 18.4 Å². The molecule has 0 fully saturated rings. The number of nitrogens with zero attached hydrogens (tertiary/aromatic N) is 2. The second kappa shape index (κ2) is 10.6. The molecule has 1 amide bonds. The van der Waals surface area contributed by atoms with Crippen LogP contribution in [0.2, 0.25) is 5.02 Å². The van der Waals surface area contributed by atoms with E-state index in [1.807, 2.05) is 91.9 Å². The van der Waals surface area contributed by atoms with Gasteiger partial charge < -0.3 is 5.32 Å². The summed E-state index contributed by atoms with van der Waals surface area (Å²) in [6.45, 7) is 2.30. The van der Waals surface area contributed by atoms with Crippen molar-refractivity contribution in [2.45, 2.75) is 18.5 Å². The van der Waals surface area contributed by atoms with E-state index in [2.05, 4.69) is 5.32 Å². The van der Waals surface area contributed by atoms with Crippen molar-refractivity contribution >= 4 is 28.9 Å². The predicted octanol–water partition coefficient (Wildman–Crippen LogP) is 7.64. The fourth-order valence-corrected chi connectivity index (χ4v) is 5.15. The van der Waals surface area contributed by atoms with Gasteiger partial charge in [-0.1, -0.05) is 90.5 Å². The normalized spacial score (nSPS) is 17.2. The number of rotatable bonds is 6. The minimum absolute atomic E-state index is 0.0271. The van der Waals surface area contributed by atoms with E-state index < -0.39 is 22.2 Å². The van der Waals surface area contributed by atoms with Gasteiger partial charge in [0, 0.05) is 11.3 Å². The first-order valence-electron chi connectivity index (χ1n) is 12.4. The quantitative estimate of drug-likeness (QED) is 0.269. The van der Waals surface area contributed by atoms with E-state index in [-0.39, 0.29) is 12.5 Å². The summed E-state index contributed by atoms with van der Waals surface area (Å²) >= 11 is 6.04. The first-order chi connectivity index (χ1) is 18.6. The van der Waals surface area contributed by atoms with Crippen molar-refractivity contribution in [3.63, 3.8) is 0 Å². The number of hydrazone groups is 1. The summed E-state index contributed by atoms with van der Waals surface area (Å²) in [5.74, 6) is -0.256. The Morgan fingerprint density at radius 2 is 1.49 bits per heavy atom. The van der Waals surface area contributed by atoms with Crippen LogP contribution in [0.5, 0.6) is 0 Å². The lowest BCUT2D eigenvalue weighted by Crippen LogP contribution is -2.38. The van der Waals surface area contributed by atoms with E-state index in [0.717, 1.165) is 22.8 Å². The number of benzene rings is 4. The standard InChI is InChI=1S/C31H25ClF3N3O/c1-30(24-10-6-3-7-11-24)20-38(37-29(30)23-14-17-26(27(32)18-23)31(33,34)35)19-28(39)36-25-15-12-22(13-16-25)21-8-4-2-5-9-21/h2-18H,19-20H2,1H3,(H,36,39). The Labute approximate surface area is 229 Å². The lowest BCUT2D eigenvalue weighted by atomic mass is 9.76. The summed E-state index contributed by atoms with van der Waals surface area (Å²) in [7, 11) is 0. The second-order valence-corrected chi connectivity index (χ2v) is 10.1. The van der Waals surface area contributed by atoms with Gasteiger partial charge in [-0.25, -0.2) is 0 Å². The first-order valence-corrected chi connectivity index (χ1v) is 12.7. The molecule has 0 aliphatic carbocycles. The zero-order valence-corrected chi connectivity index (χ0v) is 21.8. The lowest BCUT2D eigenvalue weighted by Gasteiger charge is -2.27. The van der Waals surface area contributed by atoms with E-state index in [0.29, 0.717) is 23.5 Å². The summed E-state index contributed by atoms with van der Waals surface area (Å²) in [6.07, 6.45) is -4.56. The third-order valence-electron chi connectivity index (χ3n) is 6.82. The molecular weight excluding hydrogens is 523 g/mol. The number of amides is 1. The Bertz CT molecular complexity index is 1510. The van der Waals surface area contributed by atoms with Crippen LogP contribution >= 0.6 is 11.6 Å². The highest BCUT2D eigenvalue weighted by Gasteiger charge is 2.42. The number of nitrogens with one attached hydrogen (secondary N) is 1. The number of carbonyl (C=O) groups is 1. The minimum Gasteiger partial charge on any atom is -0.324 e. The molecule has 4 aromatic carbocycles. The molecule has 0 bridgehead atoms. The summed E-state index contributed by atoms with van der Waals surface area (Å²) in [4.78, 5) is 13.0. The Hall–Kier alpha value is -4.10. The molecule has 4 nitrogen and oxygen atoms in total. The van der Waals surface area contributed by atoms with Gasteiger partial charge in [0.05, 0.1) is 28.3 Å². The fourth-order valence-electron chi connectivity index (χ4n) is 4.86. The van der Waals surface area contributed by atoms with E-state index in [4.69, 9.17) is 16.7 Å². The van der Waals surface area contributed by atoms with Gasteiger partial charge in [-0.05, 0) is 47.9 Å². The van der Waals surface area contributed by atoms with Crippen LogP contribution in [0.3, 0.4) is 0 Å². The van der Waals surface area contributed by atoms with Gasteiger partial charge in [-0.15, -0.1) is 0 Å². The van der Waals surface area contributed by atoms with Crippen molar-refractivity contribution in [3.05, 3.63) is 125 Å². The van der Waals surface area contributed by atoms with Crippen molar-refractivity contribution in [1.29, 1.82) is 0 Å². The maximum atomic E-state index is 13.3. The second-order valence-electron chi connectivity index (χ2n) is 9.65. The summed E-state index contributed by atoms with van der Waals surface area (Å²) in [5, 5.41) is 8.86. The third kappa shape index (κ3) is 5.68. The van der Waals surface area contributed by atoms with Crippen LogP contribution in [-0.2, 0) is 16.4 Å². The van der Waals surface area contributed by atoms with E-state index in [1.165, 1.54) is 12.1 Å². The van der Waals surface area contributed by atoms with Gasteiger partial charge in [0.15, 0.2) is 0 Å². The number of alkyl halides is 3. The molecule has 0 saturated carbocycles. The maximum absolute atomic E-state index is 13.3. The predicted molar refractivity (Wildman–Crippen MR) is 149 cm³/mol. The maximum Gasteiger partial charge on any atom is 0.417 e. The highest BCUT2D eigenvalue weighted by atomic mass is 35.5. The van der Waals surface area contributed by atoms with E-state index in [1.54, 1.807) is 5.01 Å². The molecule has 1 atom stereocenters. The molecule has 0 aromatic heterocycles. The molecule has 1 aliphatic heterocycles. The molecule has 198 valence electrons. The van der Waals surface area contributed by atoms with Crippen LogP contribution < -0.4 is 5.32 Å². The van der Waals surface area contributed by atoms with Crippen LogP contribution in [0.15, 0.2) is 108 Å². The molecule has 0 spiro atoms. The average molecular weight is 548 g/mol. The Balaban J connectivity index is 1.37. The van der Waals surface area contributed by atoms with Crippen molar-refractivity contribution in [1.82, 2.24) is 5.01 Å². The fraction of sp³-hybridized carbons (Fsp3) is 0.161. The highest BCUT2D eigenvalue weighted by molar-refractivity contribution is 6.32. The van der Waals surface area contributed by atoms with Gasteiger partial charge in [0.1, 0.15) is 6.54 Å². The van der Waals surface area contributed by atoms with Crippen LogP contribution in [0.1, 0.15) is 23.6 Å². The smallest absolute Gasteiger partial charge is 0.324 e. The number of carbonyl (C=O) groups excluding carboxylic acids is 1. The molecule has 39 heavy (non-hydrogen) atoms. The van der Waals surface area contributed by atoms with Gasteiger partial charge in [0.2, 0.25) is 5.91 Å². The number of anilines is 1. The largest absolute Gasteiger partial charge is 0.417 e. The lowest BCUT2D eigenvalue weighted by molar-refractivity contribution is -0.137. The molecule has 8 heteroatoms. The Kier molecular flexibility index (Phi) is 7.19. The van der Waals surface area contributed by atoms with Crippen LogP contribution in [-0.4, -0.2) is 29.7 Å². The summed E-state index contributed by atoms with van der Waals surface area (Å²) in [6, 6.07) is 30.7. The minimum atomic E-state index is -4.56. The number of hydrogen-bond acceptors (Lipinski definition) is 3. The summed E-state index contributed by atoms with van der Waals surface area (Å²) < 4.78 is 39.9. The van der Waals surface area contributed by atoms with Crippen LogP contribution in [0, 0.1) is 0 Å². The molecule has 0 radical (unpaired) electrons. The van der Waals surface area contributed by atoms with Gasteiger partial charge >= 0.3 is 6.18 Å². The zero-order valence-electron chi connectivity index (χ0n) is 21.0. The van der Waals surface area contributed by atoms with Gasteiger partial charge in [-0.3, -0.25) is 9.80 Å². The molecule has 1 aliphatic rings. The van der Waals surface area contributed by atoms with Crippen molar-refractivity contribution in [3.8, 4) is 11.1 Å². The highest BCUT2D eigenvalue weighted by Crippen LogP contribution is 2.39. The summed E-state index contributed by atoms with van der Waals surface area (Å²) in [5.41, 5.74) is 3.14. The Morgan fingerprint density at radius 3 is 2.10 bits per heavy atom. The number of halogens is 4. The monoisotopic (exact) mass is 547 g/mol. The number of hydrogen-bond donors (Lipinski definition) is 1. The molecule has 4 aromatic rings. The molecule has 1 heterocycles. The molecular formula is C31H25ClF3N3O. The molecule has 0 saturated heterocycles. The molecule has 1 N–H and O–H groups in total. The van der Waals surface area contributed by atoms with Gasteiger partial charge in [0.25, 0.3) is 0 Å².